The van der Waals surface area contributed by atoms with Crippen molar-refractivity contribution in [2.24, 2.45) is 0 Å². The van der Waals surface area contributed by atoms with Crippen LogP contribution in [0, 0.1) is 6.92 Å². The maximum Gasteiger partial charge on any atom is 0.277 e. The van der Waals surface area contributed by atoms with Crippen LogP contribution in [0.5, 0.6) is 11.5 Å². The molecule has 0 spiro atoms. The number of hydrogen-bond donors (Lipinski definition) is 1. The van der Waals surface area contributed by atoms with Crippen LogP contribution in [0.4, 0.5) is 0 Å². The predicted octanol–water partition coefficient (Wildman–Crippen LogP) is 1.58. The fraction of sp³-hybridized carbons (Fsp3) is 0.471. The van der Waals surface area contributed by atoms with Gasteiger partial charge in [-0.15, -0.1) is 10.2 Å². The lowest BCUT2D eigenvalue weighted by Crippen LogP contribution is -2.46. The minimum absolute atomic E-state index is 0.0280. The van der Waals surface area contributed by atoms with Crippen molar-refractivity contribution in [1.82, 2.24) is 15.1 Å². The van der Waals surface area contributed by atoms with Gasteiger partial charge in [-0.05, 0) is 24.1 Å². The van der Waals surface area contributed by atoms with Crippen LogP contribution in [-0.2, 0) is 4.79 Å². The van der Waals surface area contributed by atoms with Crippen molar-refractivity contribution in [3.63, 3.8) is 0 Å². The Morgan fingerprint density at radius 2 is 2.19 bits per heavy atom. The fourth-order valence-corrected chi connectivity index (χ4v) is 3.95. The number of fused-ring (bicyclic) bond motifs is 1. The van der Waals surface area contributed by atoms with E-state index in [9.17, 15) is 9.90 Å². The molecule has 1 aromatic heterocycles. The van der Waals surface area contributed by atoms with Crippen LogP contribution >= 0.6 is 11.8 Å². The molecular weight excluding hydrogens is 358 g/mol. The molecule has 0 aliphatic carbocycles. The Morgan fingerprint density at radius 1 is 1.35 bits per heavy atom. The first-order valence-electron chi connectivity index (χ1n) is 8.38. The summed E-state index contributed by atoms with van der Waals surface area (Å²) in [7, 11) is 0. The van der Waals surface area contributed by atoms with E-state index < -0.39 is 6.10 Å². The highest BCUT2D eigenvalue weighted by Crippen LogP contribution is 2.37. The molecule has 0 radical (unpaired) electrons. The number of carbonyl (C=O) groups excluding carboxylic acids is 1. The number of ether oxygens (including phenoxy) is 2. The standard InChI is InChI=1S/C17H19N3O5S/c1-10-18-19-17(25-10)26-8-16(22)20-5-4-12(13(21)7-20)11-2-3-14-15(6-11)24-9-23-14/h2-3,6,12-13,21H,4-5,7-9H2,1H3/t12-,13+/m0/s1. The summed E-state index contributed by atoms with van der Waals surface area (Å²) in [6.07, 6.45) is 0.0698. The highest BCUT2D eigenvalue weighted by molar-refractivity contribution is 7.99. The number of piperidine rings is 1. The van der Waals surface area contributed by atoms with E-state index in [2.05, 4.69) is 10.2 Å². The van der Waals surface area contributed by atoms with Crippen molar-refractivity contribution >= 4 is 17.7 Å². The Balaban J connectivity index is 1.35. The second-order valence-electron chi connectivity index (χ2n) is 6.29. The van der Waals surface area contributed by atoms with Crippen LogP contribution in [0.1, 0.15) is 23.8 Å². The number of aromatic nitrogens is 2. The zero-order chi connectivity index (χ0) is 18.1. The first-order chi connectivity index (χ1) is 12.6. The average Bonchev–Trinajstić information content (AvgIpc) is 3.27. The van der Waals surface area contributed by atoms with Crippen LogP contribution in [-0.4, -0.2) is 57.9 Å². The van der Waals surface area contributed by atoms with Crippen molar-refractivity contribution < 1.29 is 23.8 Å². The van der Waals surface area contributed by atoms with Gasteiger partial charge in [0.05, 0.1) is 11.9 Å². The Hall–Kier alpha value is -2.26. The number of likely N-dealkylation sites (tertiary alicyclic amines) is 1. The van der Waals surface area contributed by atoms with Gasteiger partial charge >= 0.3 is 0 Å². The summed E-state index contributed by atoms with van der Waals surface area (Å²) in [5.74, 6) is 2.04. The number of amides is 1. The third-order valence-electron chi connectivity index (χ3n) is 4.59. The second-order valence-corrected chi connectivity index (χ2v) is 7.22. The van der Waals surface area contributed by atoms with Crippen molar-refractivity contribution in [3.05, 3.63) is 29.7 Å². The first kappa shape index (κ1) is 17.2. The number of β-amino-alcohol motifs (C(OH)–C–C–N with tert-alkyl or cyclic N) is 1. The van der Waals surface area contributed by atoms with Crippen LogP contribution < -0.4 is 9.47 Å². The number of rotatable bonds is 4. The van der Waals surface area contributed by atoms with Crippen molar-refractivity contribution in [2.45, 2.75) is 30.6 Å². The van der Waals surface area contributed by atoms with E-state index in [4.69, 9.17) is 13.9 Å². The number of aliphatic hydroxyl groups excluding tert-OH is 1. The molecule has 2 aliphatic heterocycles. The molecule has 1 saturated heterocycles. The van der Waals surface area contributed by atoms with Gasteiger partial charge in [-0.1, -0.05) is 17.8 Å². The second kappa shape index (κ2) is 7.16. The summed E-state index contributed by atoms with van der Waals surface area (Å²) in [5, 5.41) is 18.5. The molecule has 3 heterocycles. The molecule has 1 N–H and O–H groups in total. The molecular formula is C17H19N3O5S. The highest BCUT2D eigenvalue weighted by atomic mass is 32.2. The summed E-state index contributed by atoms with van der Waals surface area (Å²) in [6, 6.07) is 5.74. The number of hydrogen-bond acceptors (Lipinski definition) is 8. The van der Waals surface area contributed by atoms with E-state index in [-0.39, 0.29) is 24.4 Å². The lowest BCUT2D eigenvalue weighted by molar-refractivity contribution is -0.131. The maximum absolute atomic E-state index is 12.4. The Morgan fingerprint density at radius 3 is 2.96 bits per heavy atom. The number of thioether (sulfide) groups is 1. The molecule has 1 amide bonds. The zero-order valence-corrected chi connectivity index (χ0v) is 15.1. The fourth-order valence-electron chi connectivity index (χ4n) is 3.24. The van der Waals surface area contributed by atoms with Gasteiger partial charge in [-0.3, -0.25) is 4.79 Å². The predicted molar refractivity (Wildman–Crippen MR) is 92.3 cm³/mol. The molecule has 2 atom stereocenters. The summed E-state index contributed by atoms with van der Waals surface area (Å²) >= 11 is 1.21. The van der Waals surface area contributed by atoms with Gasteiger partial charge < -0.3 is 23.9 Å². The van der Waals surface area contributed by atoms with E-state index >= 15 is 0 Å². The van der Waals surface area contributed by atoms with Crippen LogP contribution in [0.2, 0.25) is 0 Å². The van der Waals surface area contributed by atoms with E-state index in [1.54, 1.807) is 11.8 Å². The molecule has 1 fully saturated rings. The molecule has 0 bridgehead atoms. The number of carbonyl (C=O) groups is 1. The molecule has 26 heavy (non-hydrogen) atoms. The summed E-state index contributed by atoms with van der Waals surface area (Å²) in [6.45, 7) is 2.83. The van der Waals surface area contributed by atoms with E-state index in [1.807, 2.05) is 18.2 Å². The lowest BCUT2D eigenvalue weighted by atomic mass is 9.87. The Labute approximate surface area is 154 Å². The zero-order valence-electron chi connectivity index (χ0n) is 14.3. The molecule has 4 rings (SSSR count). The minimum Gasteiger partial charge on any atom is -0.454 e. The summed E-state index contributed by atoms with van der Waals surface area (Å²) in [5.41, 5.74) is 1.00. The molecule has 138 valence electrons. The number of aliphatic hydroxyl groups is 1. The Bertz CT molecular complexity index is 811. The van der Waals surface area contributed by atoms with Gasteiger partial charge in [0.1, 0.15) is 0 Å². The SMILES string of the molecule is Cc1nnc(SCC(=O)N2CC[C@@H](c3ccc4c(c3)OCO4)[C@H](O)C2)o1. The third kappa shape index (κ3) is 3.49. The van der Waals surface area contributed by atoms with Gasteiger partial charge in [0.15, 0.2) is 11.5 Å². The van der Waals surface area contributed by atoms with Gasteiger partial charge in [0.25, 0.3) is 5.22 Å². The van der Waals surface area contributed by atoms with E-state index in [0.29, 0.717) is 36.4 Å². The van der Waals surface area contributed by atoms with Gasteiger partial charge in [0.2, 0.25) is 18.6 Å². The van der Waals surface area contributed by atoms with Crippen LogP contribution in [0.25, 0.3) is 0 Å². The van der Waals surface area contributed by atoms with Crippen LogP contribution in [0.15, 0.2) is 27.8 Å². The smallest absolute Gasteiger partial charge is 0.277 e. The van der Waals surface area contributed by atoms with Gasteiger partial charge in [-0.25, -0.2) is 0 Å². The molecule has 0 unspecified atom stereocenters. The quantitative estimate of drug-likeness (QED) is 0.802. The van der Waals surface area contributed by atoms with E-state index in [0.717, 1.165) is 11.3 Å². The number of nitrogens with zero attached hydrogens (tertiary/aromatic N) is 3. The van der Waals surface area contributed by atoms with Crippen molar-refractivity contribution in [1.29, 1.82) is 0 Å². The summed E-state index contributed by atoms with van der Waals surface area (Å²) < 4.78 is 16.0. The minimum atomic E-state index is -0.622. The topological polar surface area (TPSA) is 97.9 Å². The first-order valence-corrected chi connectivity index (χ1v) is 9.37. The maximum atomic E-state index is 12.4. The monoisotopic (exact) mass is 377 g/mol. The third-order valence-corrected chi connectivity index (χ3v) is 5.39. The molecule has 9 heteroatoms. The molecule has 0 saturated carbocycles. The number of benzene rings is 1. The molecule has 8 nitrogen and oxygen atoms in total. The normalized spacial score (nSPS) is 21.8. The van der Waals surface area contributed by atoms with Crippen LogP contribution in [0.3, 0.4) is 0 Å². The average molecular weight is 377 g/mol. The lowest BCUT2D eigenvalue weighted by Gasteiger charge is -2.36. The summed E-state index contributed by atoms with van der Waals surface area (Å²) in [4.78, 5) is 14.1. The largest absolute Gasteiger partial charge is 0.454 e. The van der Waals surface area contributed by atoms with Gasteiger partial charge in [-0.2, -0.15) is 0 Å². The molecule has 2 aromatic rings. The Kier molecular flexibility index (Phi) is 4.73. The number of aryl methyl sites for hydroxylation is 1. The van der Waals surface area contributed by atoms with Gasteiger partial charge in [0, 0.05) is 25.9 Å². The van der Waals surface area contributed by atoms with Crippen molar-refractivity contribution in [3.8, 4) is 11.5 Å². The van der Waals surface area contributed by atoms with Crippen molar-refractivity contribution in [2.75, 3.05) is 25.6 Å². The highest BCUT2D eigenvalue weighted by Gasteiger charge is 2.32. The molecule has 1 aromatic carbocycles. The van der Waals surface area contributed by atoms with E-state index in [1.165, 1.54) is 11.8 Å². The molecule has 2 aliphatic rings.